The summed E-state index contributed by atoms with van der Waals surface area (Å²) in [6, 6.07) is 4.67. The maximum atomic E-state index is 12.8. The van der Waals surface area contributed by atoms with Gasteiger partial charge in [0.2, 0.25) is 0 Å². The Kier molecular flexibility index (Phi) is 3.28. The van der Waals surface area contributed by atoms with E-state index in [1.165, 1.54) is 18.2 Å². The second kappa shape index (κ2) is 4.48. The van der Waals surface area contributed by atoms with Crippen molar-refractivity contribution in [2.45, 2.75) is 18.1 Å². The standard InChI is InChI=1S/C12H7F6NO2/c13-11(14,15)10(21,12(16,17)18)19-5-7(6-20)8-3-1-2-4-9(8)19/h1-6,21H. The number of hydrogen-bond acceptors (Lipinski definition) is 2. The highest BCUT2D eigenvalue weighted by atomic mass is 19.4. The third-order valence-corrected chi connectivity index (χ3v) is 3.01. The molecule has 1 heterocycles. The minimum absolute atomic E-state index is 0.117. The summed E-state index contributed by atoms with van der Waals surface area (Å²) in [6.07, 6.45) is -11.6. The van der Waals surface area contributed by atoms with Crippen molar-refractivity contribution in [3.05, 3.63) is 36.0 Å². The number of fused-ring (bicyclic) bond motifs is 1. The number of aliphatic hydroxyl groups is 1. The molecular formula is C12H7F6NO2. The fourth-order valence-corrected chi connectivity index (χ4v) is 2.00. The molecule has 0 atom stereocenters. The zero-order valence-corrected chi connectivity index (χ0v) is 10.0. The van der Waals surface area contributed by atoms with Crippen LogP contribution in [0.25, 0.3) is 10.9 Å². The van der Waals surface area contributed by atoms with E-state index in [1.807, 2.05) is 0 Å². The molecule has 0 radical (unpaired) electrons. The summed E-state index contributed by atoms with van der Waals surface area (Å²) >= 11 is 0. The van der Waals surface area contributed by atoms with Crippen molar-refractivity contribution in [2.24, 2.45) is 0 Å². The SMILES string of the molecule is O=Cc1cn(C(O)(C(F)(F)F)C(F)(F)F)c2ccccc12. The largest absolute Gasteiger partial charge is 0.446 e. The second-order valence-corrected chi connectivity index (χ2v) is 4.26. The number of benzene rings is 1. The predicted molar refractivity (Wildman–Crippen MR) is 59.6 cm³/mol. The van der Waals surface area contributed by atoms with E-state index >= 15 is 0 Å². The van der Waals surface area contributed by atoms with Crippen molar-refractivity contribution < 1.29 is 36.2 Å². The van der Waals surface area contributed by atoms with E-state index in [1.54, 1.807) is 0 Å². The Bertz CT molecular complexity index is 671. The number of aldehydes is 1. The summed E-state index contributed by atoms with van der Waals surface area (Å²) in [5, 5.41) is 9.23. The number of para-hydroxylation sites is 1. The van der Waals surface area contributed by atoms with E-state index in [4.69, 9.17) is 0 Å². The molecule has 0 aliphatic rings. The van der Waals surface area contributed by atoms with E-state index in [9.17, 15) is 36.2 Å². The Balaban J connectivity index is 2.88. The van der Waals surface area contributed by atoms with Gasteiger partial charge in [-0.05, 0) is 6.07 Å². The highest BCUT2D eigenvalue weighted by Crippen LogP contribution is 2.48. The molecule has 0 saturated carbocycles. The van der Waals surface area contributed by atoms with Gasteiger partial charge in [0, 0.05) is 17.1 Å². The number of carbonyl (C=O) groups excluding carboxylic acids is 1. The molecule has 114 valence electrons. The highest BCUT2D eigenvalue weighted by Gasteiger charge is 2.72. The number of rotatable bonds is 2. The number of aromatic nitrogens is 1. The van der Waals surface area contributed by atoms with Crippen LogP contribution in [-0.2, 0) is 5.72 Å². The Hall–Kier alpha value is -2.03. The van der Waals surface area contributed by atoms with Gasteiger partial charge in [-0.2, -0.15) is 26.3 Å². The molecule has 3 nitrogen and oxygen atoms in total. The number of halogens is 6. The van der Waals surface area contributed by atoms with Crippen LogP contribution in [0.5, 0.6) is 0 Å². The molecule has 0 aliphatic carbocycles. The first kappa shape index (κ1) is 15.4. The summed E-state index contributed by atoms with van der Waals surface area (Å²) in [7, 11) is 0. The van der Waals surface area contributed by atoms with Gasteiger partial charge in [-0.1, -0.05) is 18.2 Å². The predicted octanol–water partition coefficient (Wildman–Crippen LogP) is 3.22. The normalized spacial score (nSPS) is 13.7. The van der Waals surface area contributed by atoms with Gasteiger partial charge in [0.25, 0.3) is 0 Å². The lowest BCUT2D eigenvalue weighted by atomic mass is 10.1. The monoisotopic (exact) mass is 311 g/mol. The number of alkyl halides is 6. The third-order valence-electron chi connectivity index (χ3n) is 3.01. The summed E-state index contributed by atoms with van der Waals surface area (Å²) in [4.78, 5) is 10.8. The Labute approximate surface area is 113 Å². The molecular weight excluding hydrogens is 304 g/mol. The van der Waals surface area contributed by atoms with Gasteiger partial charge in [-0.15, -0.1) is 0 Å². The van der Waals surface area contributed by atoms with E-state index in [-0.39, 0.29) is 16.2 Å². The van der Waals surface area contributed by atoms with Gasteiger partial charge in [0.15, 0.2) is 6.29 Å². The van der Waals surface area contributed by atoms with E-state index in [0.29, 0.717) is 6.20 Å². The van der Waals surface area contributed by atoms with Crippen LogP contribution in [0.15, 0.2) is 30.5 Å². The number of nitrogens with zero attached hydrogens (tertiary/aromatic N) is 1. The summed E-state index contributed by atoms with van der Waals surface area (Å²) in [6.45, 7) is 0. The molecule has 0 unspecified atom stereocenters. The van der Waals surface area contributed by atoms with E-state index in [0.717, 1.165) is 6.07 Å². The molecule has 0 saturated heterocycles. The van der Waals surface area contributed by atoms with Gasteiger partial charge >= 0.3 is 18.1 Å². The molecule has 1 N–H and O–H groups in total. The zero-order chi connectivity index (χ0) is 16.1. The first-order valence-electron chi connectivity index (χ1n) is 5.45. The van der Waals surface area contributed by atoms with Gasteiger partial charge in [-0.3, -0.25) is 4.79 Å². The summed E-state index contributed by atoms with van der Waals surface area (Å²) in [5.41, 5.74) is -6.07. The smallest absolute Gasteiger partial charge is 0.356 e. The van der Waals surface area contributed by atoms with Gasteiger partial charge in [-0.25, -0.2) is 0 Å². The molecule has 2 aromatic rings. The third kappa shape index (κ3) is 2.08. The van der Waals surface area contributed by atoms with Gasteiger partial charge in [0.05, 0.1) is 5.52 Å². The second-order valence-electron chi connectivity index (χ2n) is 4.26. The summed E-state index contributed by atoms with van der Waals surface area (Å²) < 4.78 is 76.7. The average molecular weight is 311 g/mol. The maximum absolute atomic E-state index is 12.8. The van der Waals surface area contributed by atoms with Crippen LogP contribution in [0.2, 0.25) is 0 Å². The maximum Gasteiger partial charge on any atom is 0.446 e. The van der Waals surface area contributed by atoms with Crippen LogP contribution in [0.3, 0.4) is 0 Å². The molecule has 0 spiro atoms. The highest BCUT2D eigenvalue weighted by molar-refractivity contribution is 5.97. The Morgan fingerprint density at radius 2 is 1.52 bits per heavy atom. The minimum atomic E-state index is -6.02. The molecule has 2 rings (SSSR count). The fraction of sp³-hybridized carbons (Fsp3) is 0.250. The Morgan fingerprint density at radius 3 is 2.00 bits per heavy atom. The van der Waals surface area contributed by atoms with Crippen LogP contribution in [0.1, 0.15) is 10.4 Å². The van der Waals surface area contributed by atoms with E-state index < -0.39 is 29.2 Å². The Morgan fingerprint density at radius 1 is 1.00 bits per heavy atom. The zero-order valence-electron chi connectivity index (χ0n) is 10.0. The van der Waals surface area contributed by atoms with Crippen LogP contribution in [0.4, 0.5) is 26.3 Å². The van der Waals surface area contributed by atoms with Crippen molar-refractivity contribution >= 4 is 17.2 Å². The molecule has 0 aliphatic heterocycles. The van der Waals surface area contributed by atoms with Crippen molar-refractivity contribution in [3.63, 3.8) is 0 Å². The van der Waals surface area contributed by atoms with Crippen molar-refractivity contribution in [1.82, 2.24) is 4.57 Å². The molecule has 21 heavy (non-hydrogen) atoms. The molecule has 1 aromatic heterocycles. The average Bonchev–Trinajstić information content (AvgIpc) is 2.74. The molecule has 0 amide bonds. The van der Waals surface area contributed by atoms with Gasteiger partial charge in [0.1, 0.15) is 0 Å². The minimum Gasteiger partial charge on any atom is -0.356 e. The first-order chi connectivity index (χ1) is 9.54. The van der Waals surface area contributed by atoms with Crippen LogP contribution in [0, 0.1) is 0 Å². The van der Waals surface area contributed by atoms with Crippen LogP contribution >= 0.6 is 0 Å². The van der Waals surface area contributed by atoms with Crippen LogP contribution < -0.4 is 0 Å². The molecule has 0 bridgehead atoms. The van der Waals surface area contributed by atoms with Crippen LogP contribution in [-0.4, -0.2) is 28.3 Å². The first-order valence-corrected chi connectivity index (χ1v) is 5.45. The quantitative estimate of drug-likeness (QED) is 0.683. The number of hydrogen-bond donors (Lipinski definition) is 1. The molecule has 1 aromatic carbocycles. The van der Waals surface area contributed by atoms with Crippen molar-refractivity contribution in [3.8, 4) is 0 Å². The van der Waals surface area contributed by atoms with Crippen molar-refractivity contribution in [2.75, 3.05) is 0 Å². The molecule has 9 heteroatoms. The van der Waals surface area contributed by atoms with E-state index in [2.05, 4.69) is 0 Å². The molecule has 0 fully saturated rings. The lowest BCUT2D eigenvalue weighted by Gasteiger charge is -2.34. The topological polar surface area (TPSA) is 42.2 Å². The van der Waals surface area contributed by atoms with Gasteiger partial charge < -0.3 is 9.67 Å². The summed E-state index contributed by atoms with van der Waals surface area (Å²) in [5.74, 6) is 0. The lowest BCUT2D eigenvalue weighted by molar-refractivity contribution is -0.405. The number of carbonyl (C=O) groups is 1. The lowest BCUT2D eigenvalue weighted by Crippen LogP contribution is -2.58. The van der Waals surface area contributed by atoms with Crippen molar-refractivity contribution in [1.29, 1.82) is 0 Å². The fourth-order valence-electron chi connectivity index (χ4n) is 2.00.